The molecule has 17 heteroatoms. The quantitative estimate of drug-likeness (QED) is 0.218. The summed E-state index contributed by atoms with van der Waals surface area (Å²) in [6.07, 6.45) is -1.23. The summed E-state index contributed by atoms with van der Waals surface area (Å²) in [4.78, 5) is 60.5. The van der Waals surface area contributed by atoms with Crippen LogP contribution in [0.15, 0.2) is 43.1 Å². The minimum Gasteiger partial charge on any atom is -0.443 e. The molecule has 13 nitrogen and oxygen atoms in total. The minimum atomic E-state index is -2.66. The van der Waals surface area contributed by atoms with Gasteiger partial charge in [0.15, 0.2) is 28.6 Å². The first-order chi connectivity index (χ1) is 23.7. The summed E-state index contributed by atoms with van der Waals surface area (Å²) in [5.41, 5.74) is 3.28. The maximum Gasteiger partial charge on any atom is 0.425 e. The Balaban J connectivity index is 1.64. The Hall–Kier alpha value is -5.19. The zero-order valence-electron chi connectivity index (χ0n) is 28.9. The number of nitrogens with zero attached hydrogens (tertiary/aromatic N) is 7. The van der Waals surface area contributed by atoms with Crippen LogP contribution in [0.4, 0.5) is 38.7 Å². The zero-order valence-corrected chi connectivity index (χ0v) is 28.9. The number of halogens is 4. The summed E-state index contributed by atoms with van der Waals surface area (Å²) in [6, 6.07) is 4.49. The van der Waals surface area contributed by atoms with Crippen molar-refractivity contribution in [3.63, 3.8) is 0 Å². The minimum absolute atomic E-state index is 0.0262. The van der Waals surface area contributed by atoms with Gasteiger partial charge in [0.05, 0.1) is 23.1 Å². The molecule has 4 aromatic rings. The molecule has 1 atom stereocenters. The maximum atomic E-state index is 14.5. The smallest absolute Gasteiger partial charge is 0.425 e. The highest BCUT2D eigenvalue weighted by molar-refractivity contribution is 6.13. The van der Waals surface area contributed by atoms with Crippen LogP contribution < -0.4 is 15.5 Å². The second-order valence-electron chi connectivity index (χ2n) is 14.3. The van der Waals surface area contributed by atoms with E-state index in [1.807, 2.05) is 0 Å². The molecule has 0 radical (unpaired) electrons. The van der Waals surface area contributed by atoms with Crippen molar-refractivity contribution in [1.82, 2.24) is 24.5 Å². The number of fused-ring (bicyclic) bond motifs is 1. The van der Waals surface area contributed by atoms with Crippen LogP contribution in [0.2, 0.25) is 0 Å². The summed E-state index contributed by atoms with van der Waals surface area (Å²) >= 11 is 0. The van der Waals surface area contributed by atoms with Crippen molar-refractivity contribution in [3.05, 3.63) is 60.3 Å². The van der Waals surface area contributed by atoms with Gasteiger partial charge in [0.1, 0.15) is 23.9 Å². The highest BCUT2D eigenvalue weighted by Gasteiger charge is 2.38. The number of imidazole rings is 1. The number of pyridine rings is 1. The van der Waals surface area contributed by atoms with Crippen LogP contribution >= 0.6 is 0 Å². The van der Waals surface area contributed by atoms with Crippen LogP contribution in [0.5, 0.6) is 0 Å². The van der Waals surface area contributed by atoms with E-state index in [2.05, 4.69) is 19.9 Å². The third kappa shape index (κ3) is 8.41. The number of carbonyl (C=O) groups excluding carboxylic acids is 3. The standard InChI is InChI=1S/C34H38F4N8O5/c1-32(2,3)50-30(48)46(31(49)51-33(4,5)6)28-26-27(41-17-42-28)45(18-43-26)29(47)20-13-23(19-8-9-21(35)22(36)12-19)40-15-24(20)44-11-7-10-34(39,16-44)14-25(37)38/h8-9,12-13,15,17-18,25H,7,10-11,14,16,39H2,1-6H3/t34-/m0/s1. The number of ether oxygens (including phenoxy) is 2. The molecule has 1 fully saturated rings. The Morgan fingerprint density at radius 2 is 1.63 bits per heavy atom. The van der Waals surface area contributed by atoms with Crippen molar-refractivity contribution in [1.29, 1.82) is 0 Å². The summed E-state index contributed by atoms with van der Waals surface area (Å²) in [5, 5.41) is 0. The Morgan fingerprint density at radius 1 is 0.961 bits per heavy atom. The van der Waals surface area contributed by atoms with E-state index in [1.165, 1.54) is 18.3 Å². The molecule has 51 heavy (non-hydrogen) atoms. The number of hydrogen-bond donors (Lipinski definition) is 1. The SMILES string of the molecule is CC(C)(C)OC(=O)N(C(=O)OC(C)(C)C)c1ncnc2c1ncn2C(=O)c1cc(-c2ccc(F)c(F)c2)ncc1N1CCC[C@](N)(CC(F)F)C1. The molecule has 1 aliphatic rings. The number of benzene rings is 1. The molecule has 2 amide bonds. The van der Waals surface area contributed by atoms with Gasteiger partial charge in [-0.25, -0.2) is 46.7 Å². The van der Waals surface area contributed by atoms with Crippen molar-refractivity contribution in [2.45, 2.75) is 84.0 Å². The van der Waals surface area contributed by atoms with Crippen molar-refractivity contribution < 1.29 is 41.4 Å². The molecule has 0 spiro atoms. The first-order valence-corrected chi connectivity index (χ1v) is 16.0. The maximum absolute atomic E-state index is 14.5. The number of piperidine rings is 1. The number of amides is 2. The molecule has 1 aliphatic heterocycles. The molecule has 4 heterocycles. The van der Waals surface area contributed by atoms with Gasteiger partial charge in [-0.2, -0.15) is 4.90 Å². The molecule has 2 N–H and O–H groups in total. The van der Waals surface area contributed by atoms with Crippen LogP contribution in [0, 0.1) is 11.6 Å². The van der Waals surface area contributed by atoms with Crippen LogP contribution in [0.1, 0.15) is 71.2 Å². The van der Waals surface area contributed by atoms with Gasteiger partial charge >= 0.3 is 12.2 Å². The van der Waals surface area contributed by atoms with Crippen LogP contribution in [0.3, 0.4) is 0 Å². The van der Waals surface area contributed by atoms with E-state index in [0.29, 0.717) is 24.3 Å². The van der Waals surface area contributed by atoms with E-state index in [-0.39, 0.29) is 46.0 Å². The highest BCUT2D eigenvalue weighted by Crippen LogP contribution is 2.34. The van der Waals surface area contributed by atoms with Gasteiger partial charge in [-0.1, -0.05) is 0 Å². The van der Waals surface area contributed by atoms with Crippen molar-refractivity contribution in [3.8, 4) is 11.3 Å². The lowest BCUT2D eigenvalue weighted by molar-refractivity contribution is 0.0429. The van der Waals surface area contributed by atoms with E-state index in [9.17, 15) is 31.9 Å². The first kappa shape index (κ1) is 37.1. The molecule has 0 saturated carbocycles. The normalized spacial score (nSPS) is 16.7. The second kappa shape index (κ2) is 13.8. The van der Waals surface area contributed by atoms with E-state index >= 15 is 0 Å². The molecule has 0 unspecified atom stereocenters. The molecule has 3 aromatic heterocycles. The third-order valence-electron chi connectivity index (χ3n) is 7.74. The molecule has 1 aromatic carbocycles. The fraction of sp³-hybridized carbons (Fsp3) is 0.441. The zero-order chi connectivity index (χ0) is 37.5. The van der Waals surface area contributed by atoms with E-state index in [1.54, 1.807) is 46.4 Å². The summed E-state index contributed by atoms with van der Waals surface area (Å²) in [6.45, 7) is 9.95. The first-order valence-electron chi connectivity index (χ1n) is 16.0. The Bertz CT molecular complexity index is 1950. The number of imide groups is 1. The summed E-state index contributed by atoms with van der Waals surface area (Å²) < 4.78 is 66.9. The van der Waals surface area contributed by atoms with E-state index < -0.39 is 59.3 Å². The van der Waals surface area contributed by atoms with E-state index in [0.717, 1.165) is 29.4 Å². The number of aromatic nitrogens is 5. The largest absolute Gasteiger partial charge is 0.443 e. The number of hydrogen-bond acceptors (Lipinski definition) is 11. The Morgan fingerprint density at radius 3 is 2.24 bits per heavy atom. The average molecular weight is 715 g/mol. The Labute approximate surface area is 290 Å². The number of rotatable bonds is 6. The third-order valence-corrected chi connectivity index (χ3v) is 7.74. The van der Waals surface area contributed by atoms with E-state index in [4.69, 9.17) is 15.2 Å². The molecule has 5 rings (SSSR count). The molecular weight excluding hydrogens is 676 g/mol. The van der Waals surface area contributed by atoms with Gasteiger partial charge in [0, 0.05) is 30.6 Å². The lowest BCUT2D eigenvalue weighted by Crippen LogP contribution is -2.55. The fourth-order valence-corrected chi connectivity index (χ4v) is 5.65. The number of anilines is 2. The Kier molecular flexibility index (Phi) is 10.1. The van der Waals surface area contributed by atoms with Crippen LogP contribution in [-0.4, -0.2) is 78.9 Å². The topological polar surface area (TPSA) is 159 Å². The van der Waals surface area contributed by atoms with Crippen molar-refractivity contribution in [2.24, 2.45) is 5.73 Å². The average Bonchev–Trinajstić information content (AvgIpc) is 3.44. The van der Waals surface area contributed by atoms with Gasteiger partial charge in [-0.3, -0.25) is 9.78 Å². The predicted octanol–water partition coefficient (Wildman–Crippen LogP) is 6.48. The fourth-order valence-electron chi connectivity index (χ4n) is 5.65. The van der Waals surface area contributed by atoms with Crippen molar-refractivity contribution in [2.75, 3.05) is 22.9 Å². The molecule has 1 saturated heterocycles. The van der Waals surface area contributed by atoms with Gasteiger partial charge in [0.25, 0.3) is 5.91 Å². The highest BCUT2D eigenvalue weighted by atomic mass is 19.3. The predicted molar refractivity (Wildman–Crippen MR) is 179 cm³/mol. The van der Waals surface area contributed by atoms with Gasteiger partial charge in [0.2, 0.25) is 6.43 Å². The monoisotopic (exact) mass is 714 g/mol. The van der Waals surface area contributed by atoms with Crippen LogP contribution in [0.25, 0.3) is 22.4 Å². The lowest BCUT2D eigenvalue weighted by atomic mass is 9.86. The van der Waals surface area contributed by atoms with Gasteiger partial charge < -0.3 is 20.1 Å². The van der Waals surface area contributed by atoms with Crippen LogP contribution in [-0.2, 0) is 9.47 Å². The number of alkyl halides is 2. The molecular formula is C34H38F4N8O5. The summed E-state index contributed by atoms with van der Waals surface area (Å²) in [7, 11) is 0. The number of carbonyl (C=O) groups is 3. The lowest BCUT2D eigenvalue weighted by Gasteiger charge is -2.41. The van der Waals surface area contributed by atoms with Gasteiger partial charge in [-0.05, 0) is 78.6 Å². The van der Waals surface area contributed by atoms with Crippen molar-refractivity contribution >= 4 is 40.8 Å². The summed E-state index contributed by atoms with van der Waals surface area (Å²) in [5.74, 6) is -3.29. The number of nitrogens with two attached hydrogens (primary N) is 1. The molecule has 0 bridgehead atoms. The van der Waals surface area contributed by atoms with Gasteiger partial charge in [-0.15, -0.1) is 0 Å². The second-order valence-corrected chi connectivity index (χ2v) is 14.3. The molecule has 272 valence electrons. The molecule has 0 aliphatic carbocycles.